The van der Waals surface area contributed by atoms with Crippen molar-refractivity contribution in [2.75, 3.05) is 6.54 Å². The van der Waals surface area contributed by atoms with E-state index in [0.717, 1.165) is 29.9 Å². The number of carbonyl (C=O) groups is 1. The number of amides is 1. The number of hydrogen-bond acceptors (Lipinski definition) is 4. The highest BCUT2D eigenvalue weighted by molar-refractivity contribution is 5.94. The van der Waals surface area contributed by atoms with E-state index in [1.54, 1.807) is 10.9 Å². The van der Waals surface area contributed by atoms with Gasteiger partial charge in [-0.05, 0) is 44.0 Å². The number of aryl methyl sites for hydroxylation is 3. The number of carbonyl (C=O) groups excluding carboxylic acids is 1. The van der Waals surface area contributed by atoms with E-state index in [0.29, 0.717) is 18.7 Å². The largest absolute Gasteiger partial charge is 0.352 e. The van der Waals surface area contributed by atoms with Gasteiger partial charge in [0.1, 0.15) is 0 Å². The fraction of sp³-hybridized carbons (Fsp3) is 0.333. The van der Waals surface area contributed by atoms with Gasteiger partial charge in [0, 0.05) is 30.5 Å². The van der Waals surface area contributed by atoms with Crippen LogP contribution in [0.5, 0.6) is 0 Å². The molecular formula is C18H22N6O. The number of nitrogens with zero attached hydrogens (tertiary/aromatic N) is 5. The topological polar surface area (TPSA) is 77.6 Å². The normalized spacial score (nSPS) is 10.8. The van der Waals surface area contributed by atoms with E-state index in [9.17, 15) is 4.79 Å². The highest BCUT2D eigenvalue weighted by Gasteiger charge is 2.06. The highest BCUT2D eigenvalue weighted by atomic mass is 16.1. The van der Waals surface area contributed by atoms with Crippen LogP contribution in [0.2, 0.25) is 0 Å². The molecule has 0 bridgehead atoms. The van der Waals surface area contributed by atoms with Gasteiger partial charge in [0.2, 0.25) is 0 Å². The lowest BCUT2D eigenvalue weighted by Gasteiger charge is -2.07. The number of benzene rings is 1. The lowest BCUT2D eigenvalue weighted by molar-refractivity contribution is 0.0952. The summed E-state index contributed by atoms with van der Waals surface area (Å²) in [6.07, 6.45) is 4.26. The number of aromatic nitrogens is 5. The molecule has 0 saturated carbocycles. The first kappa shape index (κ1) is 16.9. The predicted molar refractivity (Wildman–Crippen MR) is 94.2 cm³/mol. The van der Waals surface area contributed by atoms with Crippen molar-refractivity contribution in [1.82, 2.24) is 30.1 Å². The van der Waals surface area contributed by atoms with Gasteiger partial charge in [-0.2, -0.15) is 5.10 Å². The van der Waals surface area contributed by atoms with Crippen LogP contribution in [0.15, 0.2) is 42.7 Å². The molecule has 2 aromatic heterocycles. The fourth-order valence-electron chi connectivity index (χ4n) is 2.67. The molecule has 3 rings (SSSR count). The molecule has 0 spiro atoms. The quantitative estimate of drug-likeness (QED) is 0.668. The van der Waals surface area contributed by atoms with Crippen molar-refractivity contribution in [2.24, 2.45) is 0 Å². The maximum absolute atomic E-state index is 12.2. The summed E-state index contributed by atoms with van der Waals surface area (Å²) < 4.78 is 3.72. The minimum Gasteiger partial charge on any atom is -0.352 e. The van der Waals surface area contributed by atoms with Gasteiger partial charge in [0.15, 0.2) is 0 Å². The van der Waals surface area contributed by atoms with Gasteiger partial charge in [-0.25, -0.2) is 0 Å². The first-order valence-corrected chi connectivity index (χ1v) is 8.34. The third-order valence-electron chi connectivity index (χ3n) is 3.97. The van der Waals surface area contributed by atoms with E-state index >= 15 is 0 Å². The summed E-state index contributed by atoms with van der Waals surface area (Å²) in [6.45, 7) is 6.08. The van der Waals surface area contributed by atoms with Gasteiger partial charge in [-0.15, -0.1) is 5.10 Å². The third kappa shape index (κ3) is 4.53. The summed E-state index contributed by atoms with van der Waals surface area (Å²) >= 11 is 0. The lowest BCUT2D eigenvalue weighted by Crippen LogP contribution is -2.25. The maximum Gasteiger partial charge on any atom is 0.251 e. The SMILES string of the molecule is Cc1cc(C)n(Cc2ccc(C(=O)NCCCn3ccnn3)cc2)n1. The van der Waals surface area contributed by atoms with Crippen molar-refractivity contribution >= 4 is 5.91 Å². The van der Waals surface area contributed by atoms with E-state index in [2.05, 4.69) is 26.8 Å². The van der Waals surface area contributed by atoms with Crippen LogP contribution in [0.1, 0.15) is 33.7 Å². The predicted octanol–water partition coefficient (Wildman–Crippen LogP) is 1.96. The summed E-state index contributed by atoms with van der Waals surface area (Å²) in [6, 6.07) is 9.71. The molecule has 0 atom stereocenters. The molecule has 25 heavy (non-hydrogen) atoms. The summed E-state index contributed by atoms with van der Waals surface area (Å²) in [4.78, 5) is 12.2. The summed E-state index contributed by atoms with van der Waals surface area (Å²) in [5, 5.41) is 15.0. The second-order valence-corrected chi connectivity index (χ2v) is 6.06. The molecule has 0 aliphatic rings. The zero-order valence-corrected chi connectivity index (χ0v) is 14.5. The zero-order chi connectivity index (χ0) is 17.6. The molecule has 130 valence electrons. The number of nitrogens with one attached hydrogen (secondary N) is 1. The van der Waals surface area contributed by atoms with E-state index in [1.807, 2.05) is 49.0 Å². The Morgan fingerprint density at radius 2 is 2.00 bits per heavy atom. The molecule has 0 unspecified atom stereocenters. The van der Waals surface area contributed by atoms with Crippen molar-refractivity contribution in [2.45, 2.75) is 33.4 Å². The van der Waals surface area contributed by atoms with E-state index in [-0.39, 0.29) is 5.91 Å². The Labute approximate surface area is 146 Å². The molecule has 0 radical (unpaired) electrons. The average molecular weight is 338 g/mol. The smallest absolute Gasteiger partial charge is 0.251 e. The highest BCUT2D eigenvalue weighted by Crippen LogP contribution is 2.09. The molecule has 1 N–H and O–H groups in total. The van der Waals surface area contributed by atoms with Crippen LogP contribution in [-0.4, -0.2) is 37.2 Å². The Morgan fingerprint density at radius 3 is 2.64 bits per heavy atom. The van der Waals surface area contributed by atoms with Crippen molar-refractivity contribution in [3.63, 3.8) is 0 Å². The van der Waals surface area contributed by atoms with Gasteiger partial charge >= 0.3 is 0 Å². The van der Waals surface area contributed by atoms with Crippen LogP contribution in [-0.2, 0) is 13.1 Å². The minimum atomic E-state index is -0.0590. The standard InChI is InChI=1S/C18H22N6O/c1-14-12-15(2)24(21-14)13-16-4-6-17(7-5-16)18(25)19-8-3-10-23-11-9-20-22-23/h4-7,9,11-12H,3,8,10,13H2,1-2H3,(H,19,25). The monoisotopic (exact) mass is 338 g/mol. The minimum absolute atomic E-state index is 0.0590. The molecule has 2 heterocycles. The van der Waals surface area contributed by atoms with Crippen molar-refractivity contribution < 1.29 is 4.79 Å². The van der Waals surface area contributed by atoms with Crippen LogP contribution < -0.4 is 5.32 Å². The van der Waals surface area contributed by atoms with Crippen molar-refractivity contribution in [1.29, 1.82) is 0 Å². The Morgan fingerprint density at radius 1 is 1.20 bits per heavy atom. The van der Waals surface area contributed by atoms with Crippen LogP contribution >= 0.6 is 0 Å². The zero-order valence-electron chi connectivity index (χ0n) is 14.5. The molecule has 0 saturated heterocycles. The first-order chi connectivity index (χ1) is 12.1. The van der Waals surface area contributed by atoms with Gasteiger partial charge in [-0.3, -0.25) is 14.2 Å². The molecule has 1 amide bonds. The van der Waals surface area contributed by atoms with Gasteiger partial charge in [-0.1, -0.05) is 17.3 Å². The third-order valence-corrected chi connectivity index (χ3v) is 3.97. The molecule has 7 nitrogen and oxygen atoms in total. The molecule has 3 aromatic rings. The molecule has 1 aromatic carbocycles. The molecular weight excluding hydrogens is 316 g/mol. The summed E-state index contributed by atoms with van der Waals surface area (Å²) in [5.41, 5.74) is 3.93. The van der Waals surface area contributed by atoms with E-state index in [4.69, 9.17) is 0 Å². The number of rotatable bonds is 7. The Kier molecular flexibility index (Phi) is 5.23. The van der Waals surface area contributed by atoms with Gasteiger partial charge < -0.3 is 5.32 Å². The summed E-state index contributed by atoms with van der Waals surface area (Å²) in [7, 11) is 0. The fourth-order valence-corrected chi connectivity index (χ4v) is 2.67. The van der Waals surface area contributed by atoms with E-state index < -0.39 is 0 Å². The Bertz CT molecular complexity index is 820. The Hall–Kier alpha value is -2.96. The average Bonchev–Trinajstić information content (AvgIpc) is 3.22. The van der Waals surface area contributed by atoms with Gasteiger partial charge in [0.25, 0.3) is 5.91 Å². The van der Waals surface area contributed by atoms with Crippen LogP contribution in [0, 0.1) is 13.8 Å². The van der Waals surface area contributed by atoms with Crippen LogP contribution in [0.3, 0.4) is 0 Å². The van der Waals surface area contributed by atoms with Crippen LogP contribution in [0.4, 0.5) is 0 Å². The second kappa shape index (κ2) is 7.74. The van der Waals surface area contributed by atoms with E-state index in [1.165, 1.54) is 0 Å². The summed E-state index contributed by atoms with van der Waals surface area (Å²) in [5.74, 6) is -0.0590. The van der Waals surface area contributed by atoms with Crippen molar-refractivity contribution in [3.8, 4) is 0 Å². The Balaban J connectivity index is 1.49. The van der Waals surface area contributed by atoms with Crippen LogP contribution in [0.25, 0.3) is 0 Å². The lowest BCUT2D eigenvalue weighted by atomic mass is 10.1. The molecule has 7 heteroatoms. The molecule has 0 fully saturated rings. The second-order valence-electron chi connectivity index (χ2n) is 6.06. The number of hydrogen-bond donors (Lipinski definition) is 1. The molecule has 0 aliphatic heterocycles. The maximum atomic E-state index is 12.2. The first-order valence-electron chi connectivity index (χ1n) is 8.34. The van der Waals surface area contributed by atoms with Gasteiger partial charge in [0.05, 0.1) is 18.4 Å². The van der Waals surface area contributed by atoms with Crippen molar-refractivity contribution in [3.05, 3.63) is 65.2 Å². The molecule has 0 aliphatic carbocycles.